The lowest BCUT2D eigenvalue weighted by Gasteiger charge is -2.50. The highest BCUT2D eigenvalue weighted by Crippen LogP contribution is 2.50. The molecule has 0 saturated heterocycles. The quantitative estimate of drug-likeness (QED) is 0.762. The van der Waals surface area contributed by atoms with Gasteiger partial charge in [0.1, 0.15) is 5.76 Å². The number of nitrogens with zero attached hydrogens (tertiary/aromatic N) is 1. The van der Waals surface area contributed by atoms with Crippen molar-refractivity contribution in [2.75, 3.05) is 13.1 Å². The number of unbranched alkanes of at least 4 members (excludes halogenated alkanes) is 1. The molecule has 1 aromatic carbocycles. The highest BCUT2D eigenvalue weighted by Gasteiger charge is 2.55. The van der Waals surface area contributed by atoms with E-state index in [9.17, 15) is 9.59 Å². The summed E-state index contributed by atoms with van der Waals surface area (Å²) in [6, 6.07) is 11.5. The largest absolute Gasteiger partial charge is 0.469 e. The van der Waals surface area contributed by atoms with Gasteiger partial charge in [0.2, 0.25) is 5.91 Å². The minimum absolute atomic E-state index is 0.0277. The molecule has 154 valence electrons. The normalized spacial score (nSPS) is 20.1. The Kier molecular flexibility index (Phi) is 5.74. The van der Waals surface area contributed by atoms with Crippen LogP contribution in [0.15, 0.2) is 47.1 Å². The number of benzene rings is 1. The summed E-state index contributed by atoms with van der Waals surface area (Å²) >= 11 is 0. The Hall–Kier alpha value is -2.56. The molecule has 2 aromatic rings. The average molecular weight is 395 g/mol. The first-order chi connectivity index (χ1) is 14.2. The molecule has 1 aromatic heterocycles. The number of rotatable bonds is 7. The fraction of sp³-hybridized carbons (Fsp3) is 0.500. The molecular weight excluding hydrogens is 364 g/mol. The van der Waals surface area contributed by atoms with Crippen molar-refractivity contribution in [3.05, 3.63) is 59.5 Å². The monoisotopic (exact) mass is 394 g/mol. The van der Waals surface area contributed by atoms with Crippen LogP contribution in [0, 0.1) is 0 Å². The van der Waals surface area contributed by atoms with Crippen LogP contribution in [0.25, 0.3) is 0 Å². The van der Waals surface area contributed by atoms with Crippen LogP contribution in [0.2, 0.25) is 0 Å². The minimum atomic E-state index is -0.393. The summed E-state index contributed by atoms with van der Waals surface area (Å²) in [6.07, 6.45) is 8.23. The van der Waals surface area contributed by atoms with Crippen molar-refractivity contribution in [2.45, 2.75) is 63.3 Å². The Morgan fingerprint density at radius 2 is 2.00 bits per heavy atom. The van der Waals surface area contributed by atoms with Gasteiger partial charge in [0.15, 0.2) is 0 Å². The van der Waals surface area contributed by atoms with Crippen molar-refractivity contribution in [1.29, 1.82) is 0 Å². The van der Waals surface area contributed by atoms with Crippen LogP contribution in [-0.4, -0.2) is 35.3 Å². The number of hydrogen-bond donors (Lipinski definition) is 1. The van der Waals surface area contributed by atoms with Crippen molar-refractivity contribution < 1.29 is 14.0 Å². The molecule has 5 heteroatoms. The number of nitrogens with one attached hydrogen (secondary N) is 1. The molecule has 1 aliphatic carbocycles. The lowest BCUT2D eigenvalue weighted by molar-refractivity contribution is -0.126. The van der Waals surface area contributed by atoms with Crippen molar-refractivity contribution in [2.24, 2.45) is 0 Å². The number of fused-ring (bicyclic) bond motifs is 1. The van der Waals surface area contributed by atoms with Crippen molar-refractivity contribution in [1.82, 2.24) is 10.2 Å². The Balaban J connectivity index is 1.65. The van der Waals surface area contributed by atoms with E-state index in [0.29, 0.717) is 18.5 Å². The number of carbonyl (C=O) groups excluding carboxylic acids is 2. The van der Waals surface area contributed by atoms with Gasteiger partial charge >= 0.3 is 0 Å². The summed E-state index contributed by atoms with van der Waals surface area (Å²) in [4.78, 5) is 28.9. The van der Waals surface area contributed by atoms with Crippen LogP contribution in [0.3, 0.4) is 0 Å². The summed E-state index contributed by atoms with van der Waals surface area (Å²) in [5, 5.41) is 3.14. The summed E-state index contributed by atoms with van der Waals surface area (Å²) in [6.45, 7) is 3.40. The predicted molar refractivity (Wildman–Crippen MR) is 112 cm³/mol. The van der Waals surface area contributed by atoms with E-state index in [1.165, 1.54) is 0 Å². The third-order valence-corrected chi connectivity index (χ3v) is 6.54. The number of hydrogen-bond acceptors (Lipinski definition) is 3. The molecule has 2 aliphatic rings. The highest BCUT2D eigenvalue weighted by molar-refractivity contribution is 6.02. The second-order valence-corrected chi connectivity index (χ2v) is 8.26. The molecule has 2 heterocycles. The molecular formula is C24H30N2O3. The van der Waals surface area contributed by atoms with Gasteiger partial charge in [-0.1, -0.05) is 44.4 Å². The van der Waals surface area contributed by atoms with Crippen LogP contribution in [0.5, 0.6) is 0 Å². The SMILES string of the molecule is CCCCN1C(=O)c2ccccc2[C@H](C(=O)NCCc2ccco2)C12CCCC2. The zero-order valence-electron chi connectivity index (χ0n) is 17.2. The third-order valence-electron chi connectivity index (χ3n) is 6.54. The molecule has 1 saturated carbocycles. The van der Waals surface area contributed by atoms with Gasteiger partial charge in [0.25, 0.3) is 5.91 Å². The molecule has 0 unspecified atom stereocenters. The van der Waals surface area contributed by atoms with E-state index in [4.69, 9.17) is 4.42 Å². The van der Waals surface area contributed by atoms with Crippen LogP contribution in [0.1, 0.15) is 73.0 Å². The fourth-order valence-electron chi connectivity index (χ4n) is 5.17. The summed E-state index contributed by atoms with van der Waals surface area (Å²) < 4.78 is 5.38. The Bertz CT molecular complexity index is 853. The van der Waals surface area contributed by atoms with E-state index in [1.54, 1.807) is 6.26 Å². The molecule has 5 nitrogen and oxygen atoms in total. The van der Waals surface area contributed by atoms with Gasteiger partial charge in [0.05, 0.1) is 17.7 Å². The van der Waals surface area contributed by atoms with E-state index in [1.807, 2.05) is 41.3 Å². The fourth-order valence-corrected chi connectivity index (χ4v) is 5.17. The first-order valence-corrected chi connectivity index (χ1v) is 10.9. The van der Waals surface area contributed by atoms with Gasteiger partial charge in [0, 0.05) is 25.1 Å². The third kappa shape index (κ3) is 3.59. The van der Waals surface area contributed by atoms with E-state index >= 15 is 0 Å². The van der Waals surface area contributed by atoms with Gasteiger partial charge in [-0.05, 0) is 43.0 Å². The zero-order valence-corrected chi connectivity index (χ0v) is 17.2. The smallest absolute Gasteiger partial charge is 0.254 e. The summed E-state index contributed by atoms with van der Waals surface area (Å²) in [5.74, 6) is 0.674. The Morgan fingerprint density at radius 1 is 1.21 bits per heavy atom. The topological polar surface area (TPSA) is 62.6 Å². The number of carbonyl (C=O) groups is 2. The van der Waals surface area contributed by atoms with Crippen molar-refractivity contribution in [3.63, 3.8) is 0 Å². The zero-order chi connectivity index (χ0) is 20.3. The predicted octanol–water partition coefficient (Wildman–Crippen LogP) is 4.29. The Labute approximate surface area is 172 Å². The van der Waals surface area contributed by atoms with Crippen LogP contribution in [0.4, 0.5) is 0 Å². The second-order valence-electron chi connectivity index (χ2n) is 8.26. The summed E-state index contributed by atoms with van der Waals surface area (Å²) in [7, 11) is 0. The lowest BCUT2D eigenvalue weighted by atomic mass is 9.71. The standard InChI is InChI=1S/C24H30N2O3/c1-2-3-16-26-23(28)20-11-5-4-10-19(20)21(24(26)13-6-7-14-24)22(27)25-15-12-18-9-8-17-29-18/h4-5,8-11,17,21H,2-3,6-7,12-16H2,1H3,(H,25,27)/t21-/m1/s1. The van der Waals surface area contributed by atoms with Crippen LogP contribution in [-0.2, 0) is 11.2 Å². The van der Waals surface area contributed by atoms with E-state index < -0.39 is 5.54 Å². The van der Waals surface area contributed by atoms with E-state index in [2.05, 4.69) is 12.2 Å². The van der Waals surface area contributed by atoms with Gasteiger partial charge in [-0.3, -0.25) is 9.59 Å². The molecule has 0 bridgehead atoms. The molecule has 1 spiro atoms. The maximum atomic E-state index is 13.5. The minimum Gasteiger partial charge on any atom is -0.469 e. The molecule has 1 fully saturated rings. The summed E-state index contributed by atoms with van der Waals surface area (Å²) in [5.41, 5.74) is 1.19. The van der Waals surface area contributed by atoms with Gasteiger partial charge < -0.3 is 14.6 Å². The van der Waals surface area contributed by atoms with Gasteiger partial charge in [-0.15, -0.1) is 0 Å². The molecule has 2 amide bonds. The van der Waals surface area contributed by atoms with Crippen molar-refractivity contribution >= 4 is 11.8 Å². The van der Waals surface area contributed by atoms with Crippen molar-refractivity contribution in [3.8, 4) is 0 Å². The Morgan fingerprint density at radius 3 is 2.72 bits per heavy atom. The van der Waals surface area contributed by atoms with Gasteiger partial charge in [-0.25, -0.2) is 0 Å². The first-order valence-electron chi connectivity index (χ1n) is 10.9. The molecule has 1 atom stereocenters. The molecule has 29 heavy (non-hydrogen) atoms. The van der Waals surface area contributed by atoms with Gasteiger partial charge in [-0.2, -0.15) is 0 Å². The maximum Gasteiger partial charge on any atom is 0.254 e. The molecule has 1 aliphatic heterocycles. The molecule has 0 radical (unpaired) electrons. The number of furan rings is 1. The second kappa shape index (κ2) is 8.44. The van der Waals surface area contributed by atoms with E-state index in [-0.39, 0.29) is 17.7 Å². The average Bonchev–Trinajstić information content (AvgIpc) is 3.41. The molecule has 1 N–H and O–H groups in total. The number of amides is 2. The van der Waals surface area contributed by atoms with E-state index in [0.717, 1.165) is 56.4 Å². The van der Waals surface area contributed by atoms with Crippen LogP contribution < -0.4 is 5.32 Å². The highest BCUT2D eigenvalue weighted by atomic mass is 16.3. The van der Waals surface area contributed by atoms with Crippen LogP contribution >= 0.6 is 0 Å². The maximum absolute atomic E-state index is 13.5. The first kappa shape index (κ1) is 19.7. The lowest BCUT2D eigenvalue weighted by Crippen LogP contribution is -2.60. The molecule has 4 rings (SSSR count).